The van der Waals surface area contributed by atoms with E-state index in [9.17, 15) is 0 Å². The summed E-state index contributed by atoms with van der Waals surface area (Å²) in [5, 5.41) is 9.11. The van der Waals surface area contributed by atoms with E-state index >= 15 is 0 Å². The molecular weight excluding hydrogens is 218 g/mol. The first-order chi connectivity index (χ1) is 6.43. The number of nitriles is 1. The fraction of sp³-hybridized carbons (Fsp3) is 0.286. The van der Waals surface area contributed by atoms with E-state index in [1.54, 1.807) is 0 Å². The van der Waals surface area contributed by atoms with Crippen LogP contribution >= 0.6 is 0 Å². The molecule has 8 radical (unpaired) electrons. The van der Waals surface area contributed by atoms with Crippen molar-refractivity contribution in [3.05, 3.63) is 0 Å². The van der Waals surface area contributed by atoms with E-state index < -0.39 is 0 Å². The quantitative estimate of drug-likeness (QED) is 0.500. The molecule has 1 heterocycles. The van der Waals surface area contributed by atoms with Crippen LogP contribution in [0.2, 0.25) is 10.1 Å². The van der Waals surface area contributed by atoms with Crippen LogP contribution in [0.25, 0.3) is 0 Å². The number of hydrogen-bond donors (Lipinski definition) is 0. The fourth-order valence-corrected chi connectivity index (χ4v) is 0.438. The minimum absolute atomic E-state index is 0.440. The van der Waals surface area contributed by atoms with Crippen LogP contribution in [-0.2, 0) is 34.1 Å². The number of hydrogen-bond acceptors (Lipinski definition) is 5. The third kappa shape index (κ3) is 59.3. The summed E-state index contributed by atoms with van der Waals surface area (Å²) >= 11 is 1.15. The normalized spacial score (nSPS) is 14.2. The third-order valence-electron chi connectivity index (χ3n) is 0.426. The van der Waals surface area contributed by atoms with Crippen molar-refractivity contribution in [1.82, 2.24) is 0 Å². The molecule has 68 valence electrons. The van der Waals surface area contributed by atoms with E-state index in [0.717, 1.165) is 20.3 Å². The molecule has 1 saturated heterocycles. The monoisotopic (exact) mass is 221 g/mol. The molecule has 0 spiro atoms. The van der Waals surface area contributed by atoms with Gasteiger partial charge in [0.1, 0.15) is 0 Å². The van der Waals surface area contributed by atoms with Gasteiger partial charge in [-0.15, -0.1) is 0 Å². The molecule has 0 N–H and O–H groups in total. The van der Waals surface area contributed by atoms with Crippen LogP contribution < -0.4 is 0 Å². The van der Waals surface area contributed by atoms with Crippen LogP contribution in [-0.4, -0.2) is 27.2 Å². The maximum atomic E-state index is 7.96. The molecule has 1 aliphatic heterocycles. The van der Waals surface area contributed by atoms with Gasteiger partial charge in [-0.25, -0.2) is 0 Å². The van der Waals surface area contributed by atoms with Gasteiger partial charge in [0.15, 0.2) is 0 Å². The first-order valence-corrected chi connectivity index (χ1v) is 3.61. The third-order valence-corrected chi connectivity index (χ3v) is 1.47. The zero-order valence-corrected chi connectivity index (χ0v) is 7.32. The van der Waals surface area contributed by atoms with E-state index in [1.165, 1.54) is 0 Å². The van der Waals surface area contributed by atoms with Gasteiger partial charge in [-0.05, 0) is 0 Å². The summed E-state index contributed by atoms with van der Waals surface area (Å²) in [4.78, 5) is 30.4. The molecule has 1 aliphatic rings. The first kappa shape index (κ1) is 22.6. The van der Waals surface area contributed by atoms with Crippen molar-refractivity contribution in [3.8, 4) is 6.07 Å². The Kier molecular flexibility index (Phi) is 79.3. The van der Waals surface area contributed by atoms with Gasteiger partial charge >= 0.3 is 36.4 Å². The number of rotatable bonds is 0. The Hall–Kier alpha value is -1.31. The fourth-order valence-electron chi connectivity index (χ4n) is 0.106. The van der Waals surface area contributed by atoms with Crippen molar-refractivity contribution < 1.29 is 34.1 Å². The van der Waals surface area contributed by atoms with Crippen molar-refractivity contribution in [2.75, 3.05) is 0 Å². The van der Waals surface area contributed by atoms with Crippen molar-refractivity contribution in [3.63, 3.8) is 0 Å². The molecule has 0 aromatic carbocycles. The van der Waals surface area contributed by atoms with Crippen molar-refractivity contribution in [2.24, 2.45) is 0 Å². The van der Waals surface area contributed by atoms with Crippen molar-refractivity contribution in [2.45, 2.75) is 10.1 Å². The van der Waals surface area contributed by atoms with Gasteiger partial charge in [0, 0.05) is 0 Å². The second-order valence-electron chi connectivity index (χ2n) is 0.868. The Morgan fingerprint density at radius 3 is 1.23 bits per heavy atom. The average molecular weight is 221 g/mol. The Balaban J connectivity index is -0.0000000445. The molecule has 0 saturated carbocycles. The topological polar surface area (TPSA) is 92.1 Å². The summed E-state index contributed by atoms with van der Waals surface area (Å²) in [6.45, 7) is 18.0. The SMILES string of the molecule is N#C[CH]1[CH2][Fe]1.[C]=O.[C]=O.[C]=O.[C]=O. The van der Waals surface area contributed by atoms with Crippen LogP contribution in [0.15, 0.2) is 0 Å². The molecule has 1 rings (SSSR count). The molecule has 0 aromatic rings. The predicted molar refractivity (Wildman–Crippen MR) is 36.9 cm³/mol. The molecule has 5 nitrogen and oxygen atoms in total. The Labute approximate surface area is 83.3 Å². The second kappa shape index (κ2) is 45.6. The van der Waals surface area contributed by atoms with Crippen LogP contribution in [0, 0.1) is 11.3 Å². The molecule has 0 aromatic heterocycles. The van der Waals surface area contributed by atoms with Crippen molar-refractivity contribution >= 4 is 27.2 Å². The van der Waals surface area contributed by atoms with Gasteiger partial charge in [0.25, 0.3) is 27.2 Å². The van der Waals surface area contributed by atoms with Gasteiger partial charge in [-0.1, -0.05) is 0 Å². The average Bonchev–Trinajstić information content (AvgIpc) is 3.13. The molecule has 0 amide bonds. The maximum Gasteiger partial charge on any atom is 0.281 e. The second-order valence-corrected chi connectivity index (χ2v) is 2.54. The van der Waals surface area contributed by atoms with Crippen LogP contribution in [0.1, 0.15) is 0 Å². The van der Waals surface area contributed by atoms with Crippen molar-refractivity contribution in [1.29, 1.82) is 5.26 Å². The van der Waals surface area contributed by atoms with E-state index in [4.69, 9.17) is 24.4 Å². The molecule has 0 aliphatic carbocycles. The van der Waals surface area contributed by atoms with Crippen LogP contribution in [0.3, 0.4) is 0 Å². The largest absolute Gasteiger partial charge is 0.281 e. The minimum atomic E-state index is 0.440. The predicted octanol–water partition coefficient (Wildman–Crippen LogP) is -0.776. The van der Waals surface area contributed by atoms with Crippen LogP contribution in [0.5, 0.6) is 0 Å². The molecule has 1 fully saturated rings. The number of nitrogens with zero attached hydrogens (tertiary/aromatic N) is 1. The van der Waals surface area contributed by atoms with Gasteiger partial charge in [-0.2, -0.15) is 0 Å². The van der Waals surface area contributed by atoms with Gasteiger partial charge in [0.2, 0.25) is 0 Å². The zero-order valence-electron chi connectivity index (χ0n) is 6.22. The summed E-state index contributed by atoms with van der Waals surface area (Å²) < 4.78 is 0. The Morgan fingerprint density at radius 1 is 1.00 bits per heavy atom. The van der Waals surface area contributed by atoms with E-state index in [1.807, 2.05) is 0 Å². The summed E-state index contributed by atoms with van der Waals surface area (Å²) in [6.07, 6.45) is 0. The minimum Gasteiger partial charge on any atom is -0.281 e. The summed E-state index contributed by atoms with van der Waals surface area (Å²) in [6, 6.07) is 2.14. The summed E-state index contributed by atoms with van der Waals surface area (Å²) in [5.41, 5.74) is 0. The standard InChI is InChI=1S/C3H3N.4CO.Fe/c1-2-3-4;4*1-2;/h2H,1H2;;;;;. The van der Waals surface area contributed by atoms with Crippen LogP contribution in [0.4, 0.5) is 0 Å². The summed E-state index contributed by atoms with van der Waals surface area (Å²) in [5.74, 6) is 0. The summed E-state index contributed by atoms with van der Waals surface area (Å²) in [7, 11) is 0. The Morgan fingerprint density at radius 2 is 1.23 bits per heavy atom. The van der Waals surface area contributed by atoms with Gasteiger partial charge in [0.05, 0.1) is 0 Å². The molecule has 1 unspecified atom stereocenters. The number of carbonyl (C=O) groups excluding carboxylic acids is 4. The zero-order chi connectivity index (χ0) is 11.7. The Bertz CT molecular complexity index is 116. The molecule has 0 bridgehead atoms. The van der Waals surface area contributed by atoms with Gasteiger partial charge in [-0.3, -0.25) is 19.2 Å². The first-order valence-electron chi connectivity index (χ1n) is 2.19. The molecule has 13 heavy (non-hydrogen) atoms. The van der Waals surface area contributed by atoms with E-state index in [-0.39, 0.29) is 0 Å². The molecular formula is C7H3FeNO4. The van der Waals surface area contributed by atoms with E-state index in [0.29, 0.717) is 4.82 Å². The van der Waals surface area contributed by atoms with Gasteiger partial charge < -0.3 is 0 Å². The smallest absolute Gasteiger partial charge is 0.281 e. The molecule has 6 heteroatoms. The molecule has 1 atom stereocenters. The maximum absolute atomic E-state index is 7.96. The van der Waals surface area contributed by atoms with E-state index in [2.05, 4.69) is 33.2 Å².